The fraction of sp³-hybridized carbons (Fsp3) is 0. The normalized spacial score (nSPS) is 11.8. The molecule has 0 amide bonds. The Bertz CT molecular complexity index is 2870. The van der Waals surface area contributed by atoms with Crippen molar-refractivity contribution in [1.29, 1.82) is 0 Å². The maximum Gasteiger partial charge on any atom is 0.307 e. The molecule has 7 heteroatoms. The first kappa shape index (κ1) is 27.3. The molecule has 6 aromatic carbocycles. The summed E-state index contributed by atoms with van der Waals surface area (Å²) in [5, 5.41) is 14.9. The minimum Gasteiger partial charge on any atom is -0.504 e. The van der Waals surface area contributed by atoms with Crippen LogP contribution in [-0.2, 0) is 0 Å². The third-order valence-electron chi connectivity index (χ3n) is 9.06. The molecule has 10 aromatic rings. The Balaban J connectivity index is 1.23. The van der Waals surface area contributed by atoms with Crippen molar-refractivity contribution in [3.05, 3.63) is 146 Å². The third-order valence-corrected chi connectivity index (χ3v) is 9.06. The Morgan fingerprint density at radius 1 is 0.592 bits per heavy atom. The van der Waals surface area contributed by atoms with Crippen molar-refractivity contribution in [2.45, 2.75) is 0 Å². The highest BCUT2D eigenvalue weighted by Crippen LogP contribution is 2.44. The van der Waals surface area contributed by atoms with Crippen molar-refractivity contribution < 1.29 is 18.7 Å². The van der Waals surface area contributed by atoms with Gasteiger partial charge >= 0.3 is 6.01 Å². The number of imidazole rings is 1. The third kappa shape index (κ3) is 4.29. The van der Waals surface area contributed by atoms with Gasteiger partial charge in [-0.2, -0.15) is 4.98 Å². The topological polar surface area (TPSA) is 86.5 Å². The molecular weight excluding hydrogens is 610 g/mol. The van der Waals surface area contributed by atoms with Gasteiger partial charge in [-0.25, -0.2) is 0 Å². The summed E-state index contributed by atoms with van der Waals surface area (Å²) >= 11 is 0. The quantitative estimate of drug-likeness (QED) is 0.202. The maximum atomic E-state index is 11.1. The number of phenolic OH excluding ortho intramolecular Hbond substituents is 1. The Morgan fingerprint density at radius 3 is 2.16 bits per heavy atom. The number of hydrogen-bond acceptors (Lipinski definition) is 6. The number of pyridine rings is 1. The van der Waals surface area contributed by atoms with Gasteiger partial charge in [0.25, 0.3) is 0 Å². The standard InChI is InChI=1S/C42H25N3O4/c46-35-24-38-30(27-13-4-6-18-36(27)47-38)23-39(35)49-42-44-40-29(15-10-17-34(40)45(42)26-11-2-1-3-12-26)32-22-25(33-16-8-9-20-43-33)21-31-28-14-5-7-19-37(28)48-41(31)32/h1-24,46H. The van der Waals surface area contributed by atoms with Crippen LogP contribution in [0.3, 0.4) is 0 Å². The predicted octanol–water partition coefficient (Wildman–Crippen LogP) is 11.1. The van der Waals surface area contributed by atoms with E-state index in [-0.39, 0.29) is 11.5 Å². The van der Waals surface area contributed by atoms with Gasteiger partial charge in [0, 0.05) is 50.5 Å². The Labute approximate surface area is 278 Å². The van der Waals surface area contributed by atoms with Gasteiger partial charge in [0.2, 0.25) is 0 Å². The average Bonchev–Trinajstić information content (AvgIpc) is 3.83. The zero-order valence-corrected chi connectivity index (χ0v) is 25.9. The SMILES string of the molecule is Oc1cc2oc3ccccc3c2cc1Oc1nc2c(-c3cc(-c4ccccn4)cc4c3oc3ccccc34)cccc2n1-c1ccccc1. The van der Waals surface area contributed by atoms with Crippen LogP contribution in [0.1, 0.15) is 0 Å². The molecule has 7 nitrogen and oxygen atoms in total. The van der Waals surface area contributed by atoms with E-state index in [0.717, 1.165) is 77.4 Å². The molecule has 0 spiro atoms. The first-order chi connectivity index (χ1) is 24.2. The minimum atomic E-state index is -0.0505. The molecule has 4 heterocycles. The minimum absolute atomic E-state index is 0.0505. The molecule has 232 valence electrons. The van der Waals surface area contributed by atoms with Gasteiger partial charge in [-0.3, -0.25) is 9.55 Å². The summed E-state index contributed by atoms with van der Waals surface area (Å²) in [4.78, 5) is 9.81. The molecule has 0 fully saturated rings. The molecule has 0 bridgehead atoms. The second kappa shape index (κ2) is 10.6. The lowest BCUT2D eigenvalue weighted by Gasteiger charge is -2.11. The molecule has 0 aliphatic carbocycles. The highest BCUT2D eigenvalue weighted by Gasteiger charge is 2.23. The summed E-state index contributed by atoms with van der Waals surface area (Å²) in [6.45, 7) is 0. The monoisotopic (exact) mass is 635 g/mol. The molecule has 0 radical (unpaired) electrons. The zero-order valence-electron chi connectivity index (χ0n) is 25.9. The molecule has 0 saturated carbocycles. The van der Waals surface area contributed by atoms with E-state index in [2.05, 4.69) is 29.2 Å². The lowest BCUT2D eigenvalue weighted by molar-refractivity contribution is 0.390. The van der Waals surface area contributed by atoms with Gasteiger partial charge in [-0.15, -0.1) is 0 Å². The van der Waals surface area contributed by atoms with E-state index in [4.69, 9.17) is 18.6 Å². The second-order valence-corrected chi connectivity index (χ2v) is 12.0. The van der Waals surface area contributed by atoms with E-state index in [1.165, 1.54) is 0 Å². The number of hydrogen-bond donors (Lipinski definition) is 1. The van der Waals surface area contributed by atoms with Crippen molar-refractivity contribution in [3.8, 4) is 45.6 Å². The molecule has 0 aliphatic rings. The number of aromatic hydroxyl groups is 1. The molecule has 0 saturated heterocycles. The van der Waals surface area contributed by atoms with Crippen molar-refractivity contribution in [2.75, 3.05) is 0 Å². The van der Waals surface area contributed by atoms with Crippen molar-refractivity contribution in [1.82, 2.24) is 14.5 Å². The van der Waals surface area contributed by atoms with E-state index in [1.807, 2.05) is 108 Å². The van der Waals surface area contributed by atoms with Gasteiger partial charge in [0.05, 0.1) is 16.9 Å². The van der Waals surface area contributed by atoms with E-state index >= 15 is 0 Å². The largest absolute Gasteiger partial charge is 0.504 e. The highest BCUT2D eigenvalue weighted by atomic mass is 16.5. The summed E-state index contributed by atoms with van der Waals surface area (Å²) in [7, 11) is 0. The summed E-state index contributed by atoms with van der Waals surface area (Å²) < 4.78 is 21.1. The van der Waals surface area contributed by atoms with E-state index in [0.29, 0.717) is 11.6 Å². The summed E-state index contributed by atoms with van der Waals surface area (Å²) in [6, 6.07) is 45.8. The number of furan rings is 2. The Kier molecular flexibility index (Phi) is 5.89. The lowest BCUT2D eigenvalue weighted by atomic mass is 9.96. The predicted molar refractivity (Wildman–Crippen MR) is 192 cm³/mol. The van der Waals surface area contributed by atoms with Gasteiger partial charge in [0.1, 0.15) is 27.8 Å². The van der Waals surface area contributed by atoms with Crippen molar-refractivity contribution in [2.24, 2.45) is 0 Å². The molecule has 49 heavy (non-hydrogen) atoms. The number of aromatic nitrogens is 3. The maximum absolute atomic E-state index is 11.1. The van der Waals surface area contributed by atoms with Gasteiger partial charge in [-0.05, 0) is 60.7 Å². The number of fused-ring (bicyclic) bond motifs is 7. The summed E-state index contributed by atoms with van der Waals surface area (Å²) in [5.41, 5.74) is 8.89. The van der Waals surface area contributed by atoms with Crippen LogP contribution >= 0.6 is 0 Å². The average molecular weight is 636 g/mol. The smallest absolute Gasteiger partial charge is 0.307 e. The van der Waals surface area contributed by atoms with Gasteiger partial charge in [-0.1, -0.05) is 72.8 Å². The van der Waals surface area contributed by atoms with E-state index in [1.54, 1.807) is 18.3 Å². The van der Waals surface area contributed by atoms with Crippen LogP contribution in [0, 0.1) is 0 Å². The second-order valence-electron chi connectivity index (χ2n) is 12.0. The molecule has 10 rings (SSSR count). The molecule has 4 aromatic heterocycles. The van der Waals surface area contributed by atoms with Crippen molar-refractivity contribution in [3.63, 3.8) is 0 Å². The van der Waals surface area contributed by atoms with Crippen LogP contribution in [0.4, 0.5) is 0 Å². The van der Waals surface area contributed by atoms with Gasteiger partial charge in [0.15, 0.2) is 11.5 Å². The number of para-hydroxylation sites is 4. The molecule has 0 atom stereocenters. The van der Waals surface area contributed by atoms with Gasteiger partial charge < -0.3 is 18.7 Å². The first-order valence-corrected chi connectivity index (χ1v) is 16.0. The highest BCUT2D eigenvalue weighted by molar-refractivity contribution is 6.13. The van der Waals surface area contributed by atoms with Crippen LogP contribution in [-0.4, -0.2) is 19.6 Å². The molecular formula is C42H25N3O4. The first-order valence-electron chi connectivity index (χ1n) is 16.0. The van der Waals surface area contributed by atoms with Crippen LogP contribution < -0.4 is 4.74 Å². The van der Waals surface area contributed by atoms with Crippen LogP contribution in [0.25, 0.3) is 83.0 Å². The summed E-state index contributed by atoms with van der Waals surface area (Å²) in [6.07, 6.45) is 1.80. The number of nitrogens with zero attached hydrogens (tertiary/aromatic N) is 3. The van der Waals surface area contributed by atoms with E-state index < -0.39 is 0 Å². The lowest BCUT2D eigenvalue weighted by Crippen LogP contribution is -1.98. The Hall–Kier alpha value is -6.86. The number of ether oxygens (including phenoxy) is 1. The van der Waals surface area contributed by atoms with Crippen LogP contribution in [0.15, 0.2) is 155 Å². The summed E-state index contributed by atoms with van der Waals surface area (Å²) in [5.74, 6) is 0.218. The van der Waals surface area contributed by atoms with E-state index in [9.17, 15) is 5.11 Å². The van der Waals surface area contributed by atoms with Crippen LogP contribution in [0.5, 0.6) is 17.5 Å². The molecule has 1 N–H and O–H groups in total. The van der Waals surface area contributed by atoms with Crippen molar-refractivity contribution >= 4 is 54.9 Å². The number of rotatable bonds is 5. The molecule has 0 aliphatic heterocycles. The molecule has 0 unspecified atom stereocenters. The fourth-order valence-electron chi connectivity index (χ4n) is 6.82. The number of benzene rings is 6. The Morgan fingerprint density at radius 2 is 1.35 bits per heavy atom. The number of phenols is 1. The van der Waals surface area contributed by atoms with Crippen LogP contribution in [0.2, 0.25) is 0 Å². The zero-order chi connectivity index (χ0) is 32.5. The fourth-order valence-corrected chi connectivity index (χ4v) is 6.82.